The highest BCUT2D eigenvalue weighted by atomic mass is 32.2. The highest BCUT2D eigenvalue weighted by Crippen LogP contribution is 2.33. The third-order valence-corrected chi connectivity index (χ3v) is 4.26. The van der Waals surface area contributed by atoms with Gasteiger partial charge in [0, 0.05) is 28.4 Å². The van der Waals surface area contributed by atoms with E-state index in [2.05, 4.69) is 24.4 Å². The van der Waals surface area contributed by atoms with Gasteiger partial charge >= 0.3 is 0 Å². The van der Waals surface area contributed by atoms with Crippen molar-refractivity contribution in [2.24, 2.45) is 5.73 Å². The summed E-state index contributed by atoms with van der Waals surface area (Å²) >= 11 is 1.69. The van der Waals surface area contributed by atoms with Crippen LogP contribution in [0.4, 0.5) is 5.69 Å². The van der Waals surface area contributed by atoms with Crippen LogP contribution >= 0.6 is 11.8 Å². The van der Waals surface area contributed by atoms with Crippen LogP contribution in [0, 0.1) is 0 Å². The number of benzene rings is 2. The average molecular weight is 300 g/mol. The molecule has 2 rings (SSSR count). The topological polar surface area (TPSA) is 55.1 Å². The molecule has 0 aliphatic heterocycles. The SMILES string of the molecule is CCC(N)c1ccccc1Sc1ccc(NC(C)=O)cc1. The van der Waals surface area contributed by atoms with Gasteiger partial charge in [0.15, 0.2) is 0 Å². The lowest BCUT2D eigenvalue weighted by molar-refractivity contribution is -0.114. The van der Waals surface area contributed by atoms with Crippen molar-refractivity contribution in [3.63, 3.8) is 0 Å². The zero-order valence-electron chi connectivity index (χ0n) is 12.3. The van der Waals surface area contributed by atoms with Crippen molar-refractivity contribution in [1.82, 2.24) is 0 Å². The molecule has 0 heterocycles. The molecule has 1 atom stereocenters. The molecular weight excluding hydrogens is 280 g/mol. The Balaban J connectivity index is 2.16. The van der Waals surface area contributed by atoms with E-state index in [1.165, 1.54) is 17.4 Å². The van der Waals surface area contributed by atoms with Gasteiger partial charge in [-0.3, -0.25) is 4.79 Å². The van der Waals surface area contributed by atoms with Gasteiger partial charge in [0.05, 0.1) is 0 Å². The third kappa shape index (κ3) is 4.34. The second-order valence-corrected chi connectivity index (χ2v) is 5.98. The quantitative estimate of drug-likeness (QED) is 0.870. The maximum atomic E-state index is 11.0. The minimum atomic E-state index is -0.0605. The highest BCUT2D eigenvalue weighted by Gasteiger charge is 2.09. The van der Waals surface area contributed by atoms with Gasteiger partial charge < -0.3 is 11.1 Å². The Morgan fingerprint density at radius 3 is 2.48 bits per heavy atom. The Morgan fingerprint density at radius 2 is 1.86 bits per heavy atom. The molecule has 0 aliphatic rings. The Bertz CT molecular complexity index is 610. The molecule has 2 aromatic rings. The zero-order valence-corrected chi connectivity index (χ0v) is 13.1. The molecule has 110 valence electrons. The molecule has 1 amide bonds. The van der Waals surface area contributed by atoms with Crippen molar-refractivity contribution in [3.8, 4) is 0 Å². The van der Waals surface area contributed by atoms with E-state index in [0.717, 1.165) is 17.0 Å². The van der Waals surface area contributed by atoms with E-state index in [9.17, 15) is 4.79 Å². The number of amides is 1. The van der Waals surface area contributed by atoms with Crippen molar-refractivity contribution >= 4 is 23.4 Å². The fourth-order valence-electron chi connectivity index (χ4n) is 2.04. The molecule has 0 aromatic heterocycles. The van der Waals surface area contributed by atoms with Gasteiger partial charge in [-0.15, -0.1) is 0 Å². The summed E-state index contributed by atoms with van der Waals surface area (Å²) in [6.45, 7) is 3.60. The van der Waals surface area contributed by atoms with Crippen LogP contribution in [0.25, 0.3) is 0 Å². The fourth-order valence-corrected chi connectivity index (χ4v) is 3.05. The summed E-state index contributed by atoms with van der Waals surface area (Å²) in [6.07, 6.45) is 0.916. The Labute approximate surface area is 129 Å². The van der Waals surface area contributed by atoms with Crippen LogP contribution in [-0.2, 0) is 4.79 Å². The molecule has 0 aliphatic carbocycles. The number of anilines is 1. The van der Waals surface area contributed by atoms with E-state index in [0.29, 0.717) is 0 Å². The van der Waals surface area contributed by atoms with Gasteiger partial charge in [-0.25, -0.2) is 0 Å². The largest absolute Gasteiger partial charge is 0.326 e. The number of carbonyl (C=O) groups is 1. The van der Waals surface area contributed by atoms with Crippen molar-refractivity contribution in [3.05, 3.63) is 54.1 Å². The molecule has 0 fully saturated rings. The van der Waals surface area contributed by atoms with Gasteiger partial charge in [-0.2, -0.15) is 0 Å². The number of carbonyl (C=O) groups excluding carboxylic acids is 1. The molecule has 0 saturated heterocycles. The van der Waals surface area contributed by atoms with E-state index in [1.807, 2.05) is 36.4 Å². The van der Waals surface area contributed by atoms with Gasteiger partial charge in [-0.1, -0.05) is 36.9 Å². The van der Waals surface area contributed by atoms with Gasteiger partial charge in [0.2, 0.25) is 5.91 Å². The standard InChI is InChI=1S/C17H20N2OS/c1-3-16(18)15-6-4-5-7-17(15)21-14-10-8-13(9-11-14)19-12(2)20/h4-11,16H,3,18H2,1-2H3,(H,19,20). The summed E-state index contributed by atoms with van der Waals surface area (Å²) in [5, 5.41) is 2.77. The van der Waals surface area contributed by atoms with Gasteiger partial charge in [0.25, 0.3) is 0 Å². The maximum Gasteiger partial charge on any atom is 0.221 e. The smallest absolute Gasteiger partial charge is 0.221 e. The predicted molar refractivity (Wildman–Crippen MR) is 88.5 cm³/mol. The van der Waals surface area contributed by atoms with Crippen LogP contribution in [0.5, 0.6) is 0 Å². The summed E-state index contributed by atoms with van der Waals surface area (Å²) < 4.78 is 0. The summed E-state index contributed by atoms with van der Waals surface area (Å²) in [5.74, 6) is -0.0605. The van der Waals surface area contributed by atoms with Crippen molar-refractivity contribution in [2.45, 2.75) is 36.1 Å². The molecule has 3 N–H and O–H groups in total. The maximum absolute atomic E-state index is 11.0. The zero-order chi connectivity index (χ0) is 15.2. The van der Waals surface area contributed by atoms with Gasteiger partial charge in [0.1, 0.15) is 0 Å². The minimum Gasteiger partial charge on any atom is -0.326 e. The fraction of sp³-hybridized carbons (Fsp3) is 0.235. The minimum absolute atomic E-state index is 0.0605. The number of nitrogens with one attached hydrogen (secondary N) is 1. The van der Waals surface area contributed by atoms with E-state index < -0.39 is 0 Å². The second kappa shape index (κ2) is 7.29. The summed E-state index contributed by atoms with van der Waals surface area (Å²) in [4.78, 5) is 13.3. The van der Waals surface area contributed by atoms with Crippen molar-refractivity contribution < 1.29 is 4.79 Å². The number of rotatable bonds is 5. The first kappa shape index (κ1) is 15.6. The lowest BCUT2D eigenvalue weighted by atomic mass is 10.1. The highest BCUT2D eigenvalue weighted by molar-refractivity contribution is 7.99. The first-order chi connectivity index (χ1) is 10.1. The molecule has 3 nitrogen and oxygen atoms in total. The first-order valence-electron chi connectivity index (χ1n) is 7.00. The molecule has 0 radical (unpaired) electrons. The number of nitrogens with two attached hydrogens (primary N) is 1. The van der Waals surface area contributed by atoms with Crippen LogP contribution in [0.2, 0.25) is 0 Å². The molecule has 21 heavy (non-hydrogen) atoms. The van der Waals surface area contributed by atoms with Crippen LogP contribution in [0.1, 0.15) is 31.9 Å². The average Bonchev–Trinajstić information content (AvgIpc) is 2.48. The second-order valence-electron chi connectivity index (χ2n) is 4.86. The van der Waals surface area contributed by atoms with Crippen molar-refractivity contribution in [2.75, 3.05) is 5.32 Å². The normalized spacial score (nSPS) is 12.0. The Kier molecular flexibility index (Phi) is 5.42. The van der Waals surface area contributed by atoms with E-state index in [-0.39, 0.29) is 11.9 Å². The lowest BCUT2D eigenvalue weighted by Gasteiger charge is -2.14. The number of hydrogen-bond donors (Lipinski definition) is 2. The summed E-state index contributed by atoms with van der Waals surface area (Å²) in [6, 6.07) is 16.1. The molecule has 0 saturated carbocycles. The number of hydrogen-bond acceptors (Lipinski definition) is 3. The molecule has 4 heteroatoms. The third-order valence-electron chi connectivity index (χ3n) is 3.16. The summed E-state index contributed by atoms with van der Waals surface area (Å²) in [7, 11) is 0. The van der Waals surface area contributed by atoms with Crippen molar-refractivity contribution in [1.29, 1.82) is 0 Å². The summed E-state index contributed by atoms with van der Waals surface area (Å²) in [5.41, 5.74) is 8.15. The van der Waals surface area contributed by atoms with Gasteiger partial charge in [-0.05, 0) is 42.3 Å². The van der Waals surface area contributed by atoms with E-state index >= 15 is 0 Å². The Morgan fingerprint density at radius 1 is 1.19 bits per heavy atom. The Hall–Kier alpha value is -1.78. The molecule has 0 bridgehead atoms. The molecule has 2 aromatic carbocycles. The molecule has 0 spiro atoms. The molecular formula is C17H20N2OS. The van der Waals surface area contributed by atoms with Crippen LogP contribution in [0.3, 0.4) is 0 Å². The first-order valence-corrected chi connectivity index (χ1v) is 7.81. The van der Waals surface area contributed by atoms with E-state index in [1.54, 1.807) is 11.8 Å². The van der Waals surface area contributed by atoms with E-state index in [4.69, 9.17) is 5.73 Å². The molecule has 1 unspecified atom stereocenters. The lowest BCUT2D eigenvalue weighted by Crippen LogP contribution is -2.09. The monoisotopic (exact) mass is 300 g/mol. The van der Waals surface area contributed by atoms with Crippen LogP contribution < -0.4 is 11.1 Å². The van der Waals surface area contributed by atoms with Crippen LogP contribution in [0.15, 0.2) is 58.3 Å². The van der Waals surface area contributed by atoms with Crippen LogP contribution in [-0.4, -0.2) is 5.91 Å². The predicted octanol–water partition coefficient (Wildman–Crippen LogP) is 4.21.